The number of hydrogen-bond acceptors (Lipinski definition) is 7. The van der Waals surface area contributed by atoms with Gasteiger partial charge in [-0.05, 0) is 46.8 Å². The normalized spacial score (nSPS) is 14.9. The highest BCUT2D eigenvalue weighted by Gasteiger charge is 2.36. The third kappa shape index (κ3) is 3.97. The number of amides is 2. The molecule has 0 bridgehead atoms. The Morgan fingerprint density at radius 1 is 1.09 bits per heavy atom. The van der Waals surface area contributed by atoms with E-state index in [0.29, 0.717) is 11.3 Å². The predicted octanol–water partition coefficient (Wildman–Crippen LogP) is 4.68. The van der Waals surface area contributed by atoms with Crippen molar-refractivity contribution in [2.75, 3.05) is 13.7 Å². The van der Waals surface area contributed by atoms with Gasteiger partial charge >= 0.3 is 0 Å². The van der Waals surface area contributed by atoms with E-state index >= 15 is 0 Å². The molecule has 3 aromatic rings. The van der Waals surface area contributed by atoms with Gasteiger partial charge < -0.3 is 4.74 Å². The van der Waals surface area contributed by atoms with E-state index in [4.69, 9.17) is 4.74 Å². The third-order valence-electron chi connectivity index (χ3n) is 5.00. The zero-order chi connectivity index (χ0) is 22.8. The van der Waals surface area contributed by atoms with E-state index in [-0.39, 0.29) is 16.2 Å². The van der Waals surface area contributed by atoms with Crippen LogP contribution in [0.1, 0.15) is 15.9 Å². The van der Waals surface area contributed by atoms with Crippen LogP contribution in [0.25, 0.3) is 16.8 Å². The molecule has 1 saturated heterocycles. The molecule has 32 heavy (non-hydrogen) atoms. The van der Waals surface area contributed by atoms with Gasteiger partial charge in [0.1, 0.15) is 5.75 Å². The molecule has 1 heterocycles. The van der Waals surface area contributed by atoms with Gasteiger partial charge in [0.05, 0.1) is 23.5 Å². The van der Waals surface area contributed by atoms with Gasteiger partial charge in [0.15, 0.2) is 5.78 Å². The molecule has 4 rings (SSSR count). The standard InChI is InChI=1S/C23H16N2O6S/c1-31-20-11-8-14-4-2-3-5-17(14)18(20)12-21-22(27)24(23(28)32-21)13-19(26)15-6-9-16(10-7-15)25(29)30/h2-12H,13H2,1H3/b21-12+. The fraction of sp³-hybridized carbons (Fsp3) is 0.0870. The molecule has 0 spiro atoms. The Balaban J connectivity index is 1.61. The minimum absolute atomic E-state index is 0.153. The summed E-state index contributed by atoms with van der Waals surface area (Å²) in [6.45, 7) is -0.452. The number of imide groups is 1. The lowest BCUT2D eigenvalue weighted by Crippen LogP contribution is -2.33. The second-order valence-electron chi connectivity index (χ2n) is 6.90. The molecule has 8 nitrogen and oxygen atoms in total. The molecular weight excluding hydrogens is 432 g/mol. The molecule has 9 heteroatoms. The summed E-state index contributed by atoms with van der Waals surface area (Å²) in [5, 5.41) is 12.0. The number of carbonyl (C=O) groups excluding carboxylic acids is 3. The molecule has 0 N–H and O–H groups in total. The van der Waals surface area contributed by atoms with Crippen LogP contribution in [0, 0.1) is 10.1 Å². The Labute approximate surface area is 186 Å². The summed E-state index contributed by atoms with van der Waals surface area (Å²) in [5.74, 6) is -0.520. The number of fused-ring (bicyclic) bond motifs is 1. The topological polar surface area (TPSA) is 107 Å². The van der Waals surface area contributed by atoms with Crippen molar-refractivity contribution in [1.29, 1.82) is 0 Å². The molecule has 0 atom stereocenters. The number of methoxy groups -OCH3 is 1. The average molecular weight is 448 g/mol. The number of benzene rings is 3. The van der Waals surface area contributed by atoms with Crippen LogP contribution in [0.5, 0.6) is 5.75 Å². The lowest BCUT2D eigenvalue weighted by molar-refractivity contribution is -0.384. The van der Waals surface area contributed by atoms with Crippen LogP contribution in [0.2, 0.25) is 0 Å². The van der Waals surface area contributed by atoms with E-state index in [1.807, 2.05) is 30.3 Å². The quantitative estimate of drug-likeness (QED) is 0.233. The van der Waals surface area contributed by atoms with Crippen molar-refractivity contribution in [2.24, 2.45) is 0 Å². The Hall–Kier alpha value is -3.98. The van der Waals surface area contributed by atoms with E-state index in [9.17, 15) is 24.5 Å². The van der Waals surface area contributed by atoms with Gasteiger partial charge in [0, 0.05) is 23.3 Å². The minimum atomic E-state index is -0.578. The molecule has 1 aliphatic heterocycles. The molecule has 0 saturated carbocycles. The number of non-ortho nitro benzene ring substituents is 1. The number of ether oxygens (including phenoxy) is 1. The molecule has 1 fully saturated rings. The fourth-order valence-electron chi connectivity index (χ4n) is 3.37. The van der Waals surface area contributed by atoms with Crippen molar-refractivity contribution in [3.63, 3.8) is 0 Å². The zero-order valence-electron chi connectivity index (χ0n) is 16.8. The fourth-order valence-corrected chi connectivity index (χ4v) is 4.19. The second kappa shape index (κ2) is 8.64. The molecule has 1 aliphatic rings. The zero-order valence-corrected chi connectivity index (χ0v) is 17.6. The van der Waals surface area contributed by atoms with Crippen molar-refractivity contribution in [3.05, 3.63) is 86.8 Å². The van der Waals surface area contributed by atoms with Crippen molar-refractivity contribution < 1.29 is 24.0 Å². The van der Waals surface area contributed by atoms with Crippen LogP contribution < -0.4 is 4.74 Å². The van der Waals surface area contributed by atoms with E-state index in [1.54, 1.807) is 12.1 Å². The maximum absolute atomic E-state index is 12.9. The number of nitrogens with zero attached hydrogens (tertiary/aromatic N) is 2. The minimum Gasteiger partial charge on any atom is -0.496 e. The Bertz CT molecular complexity index is 1300. The van der Waals surface area contributed by atoms with E-state index < -0.39 is 28.4 Å². The van der Waals surface area contributed by atoms with Gasteiger partial charge in [-0.25, -0.2) is 0 Å². The predicted molar refractivity (Wildman–Crippen MR) is 121 cm³/mol. The van der Waals surface area contributed by atoms with Crippen LogP contribution in [-0.2, 0) is 4.79 Å². The summed E-state index contributed by atoms with van der Waals surface area (Å²) in [4.78, 5) is 49.2. The molecule has 0 aromatic heterocycles. The van der Waals surface area contributed by atoms with Crippen molar-refractivity contribution in [1.82, 2.24) is 4.90 Å². The smallest absolute Gasteiger partial charge is 0.293 e. The third-order valence-corrected chi connectivity index (χ3v) is 5.91. The van der Waals surface area contributed by atoms with Gasteiger partial charge in [-0.2, -0.15) is 0 Å². The largest absolute Gasteiger partial charge is 0.496 e. The van der Waals surface area contributed by atoms with Crippen LogP contribution in [0.4, 0.5) is 10.5 Å². The first kappa shape index (κ1) is 21.3. The molecule has 2 amide bonds. The maximum Gasteiger partial charge on any atom is 0.293 e. The molecule has 160 valence electrons. The SMILES string of the molecule is COc1ccc2ccccc2c1/C=C1/SC(=O)N(CC(=O)c2ccc([N+](=O)[O-])cc2)C1=O. The van der Waals surface area contributed by atoms with Gasteiger partial charge in [0.2, 0.25) is 0 Å². The second-order valence-corrected chi connectivity index (χ2v) is 7.89. The van der Waals surface area contributed by atoms with Crippen molar-refractivity contribution in [3.8, 4) is 5.75 Å². The number of ketones is 1. The van der Waals surface area contributed by atoms with Gasteiger partial charge in [-0.15, -0.1) is 0 Å². The summed E-state index contributed by atoms with van der Waals surface area (Å²) in [5.41, 5.74) is 0.687. The molecule has 3 aromatic carbocycles. The van der Waals surface area contributed by atoms with E-state index in [0.717, 1.165) is 27.4 Å². The number of nitro groups is 1. The first-order valence-electron chi connectivity index (χ1n) is 9.48. The summed E-state index contributed by atoms with van der Waals surface area (Å²) in [6, 6.07) is 16.3. The molecular formula is C23H16N2O6S. The number of nitro benzene ring substituents is 1. The number of thioether (sulfide) groups is 1. The average Bonchev–Trinajstić information content (AvgIpc) is 3.06. The molecule has 0 radical (unpaired) electrons. The van der Waals surface area contributed by atoms with Crippen molar-refractivity contribution >= 4 is 51.2 Å². The first-order chi connectivity index (χ1) is 15.4. The number of Topliss-reactive ketones (excluding diaryl/α,β-unsaturated/α-hetero) is 1. The van der Waals surface area contributed by atoms with Crippen LogP contribution in [0.15, 0.2) is 65.6 Å². The summed E-state index contributed by atoms with van der Waals surface area (Å²) < 4.78 is 5.44. The Morgan fingerprint density at radius 3 is 2.50 bits per heavy atom. The lowest BCUT2D eigenvalue weighted by atomic mass is 10.0. The summed E-state index contributed by atoms with van der Waals surface area (Å²) in [6.07, 6.45) is 1.60. The van der Waals surface area contributed by atoms with Gasteiger partial charge in [0.25, 0.3) is 16.8 Å². The monoisotopic (exact) mass is 448 g/mol. The van der Waals surface area contributed by atoms with Gasteiger partial charge in [-0.3, -0.25) is 29.4 Å². The first-order valence-corrected chi connectivity index (χ1v) is 10.3. The van der Waals surface area contributed by atoms with Crippen LogP contribution in [-0.4, -0.2) is 40.4 Å². The van der Waals surface area contributed by atoms with E-state index in [2.05, 4.69) is 0 Å². The maximum atomic E-state index is 12.9. The van der Waals surface area contributed by atoms with Crippen LogP contribution >= 0.6 is 11.8 Å². The number of hydrogen-bond donors (Lipinski definition) is 0. The van der Waals surface area contributed by atoms with Crippen LogP contribution in [0.3, 0.4) is 0 Å². The van der Waals surface area contributed by atoms with E-state index in [1.165, 1.54) is 31.4 Å². The summed E-state index contributed by atoms with van der Waals surface area (Å²) >= 11 is 0.749. The number of rotatable bonds is 6. The van der Waals surface area contributed by atoms with Gasteiger partial charge in [-0.1, -0.05) is 30.3 Å². The van der Waals surface area contributed by atoms with Crippen molar-refractivity contribution in [2.45, 2.75) is 0 Å². The number of carbonyl (C=O) groups is 3. The Kier molecular flexibility index (Phi) is 5.74. The highest BCUT2D eigenvalue weighted by molar-refractivity contribution is 8.18. The lowest BCUT2D eigenvalue weighted by Gasteiger charge is -2.12. The molecule has 0 unspecified atom stereocenters. The highest BCUT2D eigenvalue weighted by Crippen LogP contribution is 2.36. The summed E-state index contributed by atoms with van der Waals surface area (Å²) in [7, 11) is 1.52. The molecule has 0 aliphatic carbocycles. The Morgan fingerprint density at radius 2 is 1.81 bits per heavy atom. The highest BCUT2D eigenvalue weighted by atomic mass is 32.2.